The first-order chi connectivity index (χ1) is 17.8. The summed E-state index contributed by atoms with van der Waals surface area (Å²) in [4.78, 5) is 50.2. The summed E-state index contributed by atoms with van der Waals surface area (Å²) in [6.45, 7) is 6.93. The maximum Gasteiger partial charge on any atom is 0.408 e. The highest BCUT2D eigenvalue weighted by molar-refractivity contribution is 7.86. The lowest BCUT2D eigenvalue weighted by Crippen LogP contribution is -2.56. The first-order valence-electron chi connectivity index (χ1n) is 12.5. The minimum atomic E-state index is -5.01. The summed E-state index contributed by atoms with van der Waals surface area (Å²) in [5.74, 6) is -3.52. The Kier molecular flexibility index (Phi) is 11.5. The van der Waals surface area contributed by atoms with E-state index in [1.165, 1.54) is 13.8 Å². The van der Waals surface area contributed by atoms with E-state index in [0.29, 0.717) is 13.0 Å². The highest BCUT2D eigenvalue weighted by Crippen LogP contribution is 2.22. The fraction of sp³-hybridized carbons (Fsp3) is 0.600. The van der Waals surface area contributed by atoms with Crippen molar-refractivity contribution < 1.29 is 41.6 Å². The van der Waals surface area contributed by atoms with Gasteiger partial charge in [-0.1, -0.05) is 58.0 Å². The molecule has 2 rings (SSSR count). The number of amides is 3. The van der Waals surface area contributed by atoms with Crippen molar-refractivity contribution in [3.05, 3.63) is 35.9 Å². The van der Waals surface area contributed by atoms with Crippen molar-refractivity contribution in [2.45, 2.75) is 71.1 Å². The number of rotatable bonds is 13. The first kappa shape index (κ1) is 31.0. The Balaban J connectivity index is 2.24. The number of esters is 1. The predicted molar refractivity (Wildman–Crippen MR) is 137 cm³/mol. The van der Waals surface area contributed by atoms with E-state index in [2.05, 4.69) is 16.0 Å². The van der Waals surface area contributed by atoms with Crippen LogP contribution in [-0.2, 0) is 40.6 Å². The van der Waals surface area contributed by atoms with Gasteiger partial charge in [-0.25, -0.2) is 4.79 Å². The average molecular weight is 556 g/mol. The van der Waals surface area contributed by atoms with E-state index in [1.54, 1.807) is 24.3 Å². The minimum Gasteiger partial charge on any atom is -0.445 e. The molecule has 1 fully saturated rings. The molecular weight excluding hydrogens is 518 g/mol. The number of hydrogen-bond acceptors (Lipinski definition) is 8. The summed E-state index contributed by atoms with van der Waals surface area (Å²) >= 11 is 0. The predicted octanol–water partition coefficient (Wildman–Crippen LogP) is 1.75. The zero-order chi connectivity index (χ0) is 28.5. The third-order valence-electron chi connectivity index (χ3n) is 5.88. The SMILES string of the molecule is CC(C)C[C@H](NC(=O)OCc1ccccc1)C(=O)N[C@@H](C[C@@H]1CCNC1=O)C(OC(=O)C(C)C)S(=O)(=O)O. The molecule has 1 unspecified atom stereocenters. The molecule has 13 heteroatoms. The molecule has 4 N–H and O–H groups in total. The third kappa shape index (κ3) is 9.93. The highest BCUT2D eigenvalue weighted by atomic mass is 32.2. The second-order valence-electron chi connectivity index (χ2n) is 9.99. The van der Waals surface area contributed by atoms with E-state index in [-0.39, 0.29) is 31.3 Å². The molecule has 0 aliphatic carbocycles. The van der Waals surface area contributed by atoms with Crippen LogP contribution in [-0.4, -0.2) is 60.9 Å². The molecule has 1 aromatic carbocycles. The van der Waals surface area contributed by atoms with Gasteiger partial charge < -0.3 is 25.4 Å². The quantitative estimate of drug-likeness (QED) is 0.208. The topological polar surface area (TPSA) is 177 Å². The van der Waals surface area contributed by atoms with Crippen LogP contribution in [0.5, 0.6) is 0 Å². The summed E-state index contributed by atoms with van der Waals surface area (Å²) in [5.41, 5.74) is -1.41. The summed E-state index contributed by atoms with van der Waals surface area (Å²) in [7, 11) is -5.01. The van der Waals surface area contributed by atoms with Crippen molar-refractivity contribution in [3.63, 3.8) is 0 Å². The lowest BCUT2D eigenvalue weighted by Gasteiger charge is -2.29. The summed E-state index contributed by atoms with van der Waals surface area (Å²) < 4.78 is 44.7. The largest absolute Gasteiger partial charge is 0.445 e. The standard InChI is InChI=1S/C25H37N3O9S/c1-15(2)12-19(28-25(32)36-14-17-8-6-5-7-9-17)22(30)27-20(13-18-10-11-26-21(18)29)24(38(33,34)35)37-23(31)16(3)4/h5-9,15-16,18-20,24H,10-14H2,1-4H3,(H,26,29)(H,27,30)(H,28,32)(H,33,34,35)/t18-,19-,20-,24?/m0/s1. The normalized spacial score (nSPS) is 17.9. The maximum absolute atomic E-state index is 13.3. The molecule has 1 aliphatic rings. The Labute approximate surface area is 223 Å². The molecule has 12 nitrogen and oxygen atoms in total. The maximum atomic E-state index is 13.3. The van der Waals surface area contributed by atoms with Crippen molar-refractivity contribution in [1.82, 2.24) is 16.0 Å². The van der Waals surface area contributed by atoms with E-state index in [0.717, 1.165) is 5.56 Å². The van der Waals surface area contributed by atoms with E-state index in [1.807, 2.05) is 19.9 Å². The van der Waals surface area contributed by atoms with Crippen LogP contribution in [0.2, 0.25) is 0 Å². The van der Waals surface area contributed by atoms with Crippen LogP contribution in [0.15, 0.2) is 30.3 Å². The zero-order valence-corrected chi connectivity index (χ0v) is 22.8. The van der Waals surface area contributed by atoms with Crippen LogP contribution in [0.1, 0.15) is 52.5 Å². The second-order valence-corrected chi connectivity index (χ2v) is 11.5. The molecule has 0 spiro atoms. The van der Waals surface area contributed by atoms with Gasteiger partial charge in [-0.3, -0.25) is 18.9 Å². The molecule has 1 heterocycles. The number of ether oxygens (including phenoxy) is 2. The Morgan fingerprint density at radius 3 is 2.29 bits per heavy atom. The molecule has 212 valence electrons. The van der Waals surface area contributed by atoms with E-state index >= 15 is 0 Å². The van der Waals surface area contributed by atoms with Gasteiger partial charge >= 0.3 is 22.2 Å². The highest BCUT2D eigenvalue weighted by Gasteiger charge is 2.41. The molecule has 0 bridgehead atoms. The molecule has 0 aromatic heterocycles. The summed E-state index contributed by atoms with van der Waals surface area (Å²) in [5, 5.41) is 7.61. The Morgan fingerprint density at radius 2 is 1.76 bits per heavy atom. The lowest BCUT2D eigenvalue weighted by atomic mass is 9.97. The molecular formula is C25H37N3O9S. The van der Waals surface area contributed by atoms with Crippen LogP contribution >= 0.6 is 0 Å². The van der Waals surface area contributed by atoms with E-state index in [9.17, 15) is 32.1 Å². The fourth-order valence-electron chi connectivity index (χ4n) is 3.91. The molecule has 38 heavy (non-hydrogen) atoms. The Hall–Kier alpha value is -3.19. The number of benzene rings is 1. The molecule has 3 amide bonds. The van der Waals surface area contributed by atoms with Gasteiger partial charge in [0, 0.05) is 12.5 Å². The molecule has 1 aliphatic heterocycles. The van der Waals surface area contributed by atoms with Crippen molar-refractivity contribution >= 4 is 34.0 Å². The Bertz CT molecular complexity index is 1080. The molecule has 0 radical (unpaired) electrons. The minimum absolute atomic E-state index is 0.0297. The van der Waals surface area contributed by atoms with Gasteiger partial charge in [0.2, 0.25) is 17.3 Å². The van der Waals surface area contributed by atoms with Crippen molar-refractivity contribution in [1.29, 1.82) is 0 Å². The fourth-order valence-corrected chi connectivity index (χ4v) is 4.72. The number of nitrogens with one attached hydrogen (secondary N) is 3. The van der Waals surface area contributed by atoms with Crippen molar-refractivity contribution in [2.24, 2.45) is 17.8 Å². The number of alkyl carbamates (subject to hydrolysis) is 1. The smallest absolute Gasteiger partial charge is 0.408 e. The lowest BCUT2D eigenvalue weighted by molar-refractivity contribution is -0.151. The second kappa shape index (κ2) is 14.1. The van der Waals surface area contributed by atoms with Crippen molar-refractivity contribution in [3.8, 4) is 0 Å². The number of hydrogen-bond donors (Lipinski definition) is 4. The average Bonchev–Trinajstić information content (AvgIpc) is 3.23. The van der Waals surface area contributed by atoms with Gasteiger partial charge in [0.25, 0.3) is 0 Å². The molecule has 1 aromatic rings. The summed E-state index contributed by atoms with van der Waals surface area (Å²) in [6, 6.07) is 6.32. The van der Waals surface area contributed by atoms with Crippen LogP contribution in [0, 0.1) is 17.8 Å². The van der Waals surface area contributed by atoms with Crippen LogP contribution in [0.4, 0.5) is 4.79 Å². The van der Waals surface area contributed by atoms with Crippen LogP contribution in [0.3, 0.4) is 0 Å². The molecule has 0 saturated carbocycles. The van der Waals surface area contributed by atoms with Gasteiger partial charge in [-0.05, 0) is 30.7 Å². The first-order valence-corrected chi connectivity index (χ1v) is 14.0. The Morgan fingerprint density at radius 1 is 1.11 bits per heavy atom. The van der Waals surface area contributed by atoms with Gasteiger partial charge in [0.05, 0.1) is 12.0 Å². The van der Waals surface area contributed by atoms with Gasteiger partial charge in [0.15, 0.2) is 0 Å². The third-order valence-corrected chi connectivity index (χ3v) is 6.90. The summed E-state index contributed by atoms with van der Waals surface area (Å²) in [6.07, 6.45) is -0.550. The zero-order valence-electron chi connectivity index (χ0n) is 22.0. The van der Waals surface area contributed by atoms with Crippen molar-refractivity contribution in [2.75, 3.05) is 6.54 Å². The number of carbonyl (C=O) groups excluding carboxylic acids is 4. The van der Waals surface area contributed by atoms with Crippen LogP contribution < -0.4 is 16.0 Å². The van der Waals surface area contributed by atoms with Crippen LogP contribution in [0.25, 0.3) is 0 Å². The van der Waals surface area contributed by atoms with Gasteiger partial charge in [0.1, 0.15) is 12.6 Å². The van der Waals surface area contributed by atoms with E-state index < -0.39 is 57.4 Å². The number of carbonyl (C=O) groups is 4. The molecule has 4 atom stereocenters. The van der Waals surface area contributed by atoms with Gasteiger partial charge in [-0.15, -0.1) is 0 Å². The van der Waals surface area contributed by atoms with E-state index in [4.69, 9.17) is 9.47 Å². The monoisotopic (exact) mass is 555 g/mol. The van der Waals surface area contributed by atoms with Gasteiger partial charge in [-0.2, -0.15) is 8.42 Å². The molecule has 1 saturated heterocycles.